The summed E-state index contributed by atoms with van der Waals surface area (Å²) in [4.78, 5) is 24.3. The molecular weight excluding hydrogens is 453 g/mol. The van der Waals surface area contributed by atoms with Gasteiger partial charge >= 0.3 is 12.3 Å². The molecule has 0 aliphatic rings. The highest BCUT2D eigenvalue weighted by molar-refractivity contribution is 7.91. The first kappa shape index (κ1) is 23.3. The summed E-state index contributed by atoms with van der Waals surface area (Å²) >= 11 is 0. The predicted octanol–water partition coefficient (Wildman–Crippen LogP) is 3.26. The molecular formula is C20H17F3N2O6S. The standard InChI is InChI=1S/C20H17F3N2O6S/c1-4-11-9-14-15(18(10(11)2)32(3,29)30)17(26)16(19(27)28)24-25(14)12-5-7-13(8-6-12)31-20(21,22)23/h5-9H,4H2,1-3H3,(H,27,28). The molecule has 1 N–H and O–H groups in total. The van der Waals surface area contributed by atoms with Crippen molar-refractivity contribution in [3.63, 3.8) is 0 Å². The van der Waals surface area contributed by atoms with E-state index in [4.69, 9.17) is 0 Å². The van der Waals surface area contributed by atoms with Gasteiger partial charge in [-0.25, -0.2) is 17.9 Å². The number of nitrogens with zero attached hydrogens (tertiary/aromatic N) is 2. The Morgan fingerprint density at radius 1 is 1.22 bits per heavy atom. The molecule has 32 heavy (non-hydrogen) atoms. The monoisotopic (exact) mass is 470 g/mol. The molecule has 170 valence electrons. The van der Waals surface area contributed by atoms with Crippen LogP contribution in [0.25, 0.3) is 16.6 Å². The number of aryl methyl sites for hydroxylation is 1. The van der Waals surface area contributed by atoms with Crippen molar-refractivity contribution in [2.24, 2.45) is 0 Å². The summed E-state index contributed by atoms with van der Waals surface area (Å²) in [6, 6.07) is 5.84. The van der Waals surface area contributed by atoms with Crippen LogP contribution >= 0.6 is 0 Å². The van der Waals surface area contributed by atoms with Gasteiger partial charge in [-0.05, 0) is 54.8 Å². The summed E-state index contributed by atoms with van der Waals surface area (Å²) in [5.74, 6) is -2.20. The largest absolute Gasteiger partial charge is 0.573 e. The average molecular weight is 470 g/mol. The lowest BCUT2D eigenvalue weighted by molar-refractivity contribution is -0.274. The minimum absolute atomic E-state index is 0.00682. The molecule has 12 heteroatoms. The fourth-order valence-corrected chi connectivity index (χ4v) is 4.71. The van der Waals surface area contributed by atoms with Gasteiger partial charge in [-0.15, -0.1) is 13.2 Å². The zero-order chi connectivity index (χ0) is 24.0. The Bertz CT molecular complexity index is 1390. The molecule has 0 amide bonds. The zero-order valence-electron chi connectivity index (χ0n) is 17.0. The fourth-order valence-electron chi connectivity index (χ4n) is 3.46. The average Bonchev–Trinajstić information content (AvgIpc) is 2.66. The summed E-state index contributed by atoms with van der Waals surface area (Å²) in [6.07, 6.45) is -3.60. The van der Waals surface area contributed by atoms with Crippen LogP contribution in [0.1, 0.15) is 28.5 Å². The Morgan fingerprint density at radius 2 is 1.81 bits per heavy atom. The molecule has 0 atom stereocenters. The van der Waals surface area contributed by atoms with Gasteiger partial charge in [-0.2, -0.15) is 5.10 Å². The summed E-state index contributed by atoms with van der Waals surface area (Å²) in [6.45, 7) is 3.29. The van der Waals surface area contributed by atoms with Crippen molar-refractivity contribution in [2.75, 3.05) is 6.26 Å². The number of aromatic carboxylic acids is 1. The number of carboxylic acids is 1. The first-order valence-electron chi connectivity index (χ1n) is 9.13. The van der Waals surface area contributed by atoms with Gasteiger partial charge in [-0.3, -0.25) is 4.79 Å². The van der Waals surface area contributed by atoms with Crippen LogP contribution in [-0.2, 0) is 16.3 Å². The van der Waals surface area contributed by atoms with Crippen LogP contribution in [-0.4, -0.2) is 41.9 Å². The van der Waals surface area contributed by atoms with E-state index in [1.165, 1.54) is 25.1 Å². The smallest absolute Gasteiger partial charge is 0.476 e. The van der Waals surface area contributed by atoms with E-state index in [1.54, 1.807) is 6.92 Å². The lowest BCUT2D eigenvalue weighted by Crippen LogP contribution is -2.24. The lowest BCUT2D eigenvalue weighted by atomic mass is 10.0. The molecule has 0 radical (unpaired) electrons. The van der Waals surface area contributed by atoms with Crippen LogP contribution in [0, 0.1) is 6.92 Å². The Kier molecular flexibility index (Phi) is 5.77. The number of carboxylic acid groups (broad SMARTS) is 1. The Labute approximate surface area is 179 Å². The zero-order valence-corrected chi connectivity index (χ0v) is 17.8. The summed E-state index contributed by atoms with van der Waals surface area (Å²) in [7, 11) is -3.96. The molecule has 0 aliphatic carbocycles. The predicted molar refractivity (Wildman–Crippen MR) is 108 cm³/mol. The number of hydrogen-bond acceptors (Lipinski definition) is 6. The maximum atomic E-state index is 12.9. The van der Waals surface area contributed by atoms with Gasteiger partial charge in [0.2, 0.25) is 11.1 Å². The van der Waals surface area contributed by atoms with E-state index in [0.29, 0.717) is 17.5 Å². The molecule has 0 unspecified atom stereocenters. The van der Waals surface area contributed by atoms with Crippen LogP contribution in [0.15, 0.2) is 40.0 Å². The lowest BCUT2D eigenvalue weighted by Gasteiger charge is -2.17. The second-order valence-electron chi connectivity index (χ2n) is 6.95. The van der Waals surface area contributed by atoms with Crippen molar-refractivity contribution in [1.29, 1.82) is 0 Å². The van der Waals surface area contributed by atoms with Crippen molar-refractivity contribution in [3.8, 4) is 11.4 Å². The first-order valence-corrected chi connectivity index (χ1v) is 11.0. The van der Waals surface area contributed by atoms with Gasteiger partial charge in [0.25, 0.3) is 0 Å². The highest BCUT2D eigenvalue weighted by Gasteiger charge is 2.31. The first-order chi connectivity index (χ1) is 14.7. The third kappa shape index (κ3) is 4.31. The van der Waals surface area contributed by atoms with Crippen LogP contribution in [0.2, 0.25) is 0 Å². The molecule has 3 aromatic rings. The van der Waals surface area contributed by atoms with Gasteiger partial charge < -0.3 is 9.84 Å². The molecule has 3 rings (SSSR count). The van der Waals surface area contributed by atoms with E-state index in [2.05, 4.69) is 9.84 Å². The number of hydrogen-bond donors (Lipinski definition) is 1. The molecule has 0 fully saturated rings. The fraction of sp³-hybridized carbons (Fsp3) is 0.250. The number of aromatic nitrogens is 2. The molecule has 0 spiro atoms. The van der Waals surface area contributed by atoms with Crippen molar-refractivity contribution >= 4 is 26.7 Å². The van der Waals surface area contributed by atoms with Crippen LogP contribution < -0.4 is 10.2 Å². The maximum Gasteiger partial charge on any atom is 0.573 e. The molecule has 8 nitrogen and oxygen atoms in total. The number of rotatable bonds is 5. The van der Waals surface area contributed by atoms with Crippen molar-refractivity contribution < 1.29 is 36.2 Å². The summed E-state index contributed by atoms with van der Waals surface area (Å²) in [5, 5.41) is 13.0. The summed E-state index contributed by atoms with van der Waals surface area (Å²) < 4.78 is 67.3. The van der Waals surface area contributed by atoms with Crippen molar-refractivity contribution in [2.45, 2.75) is 31.5 Å². The number of fused-ring (bicyclic) bond motifs is 1. The molecule has 0 bridgehead atoms. The van der Waals surface area contributed by atoms with E-state index < -0.39 is 39.0 Å². The number of sulfone groups is 1. The topological polar surface area (TPSA) is 116 Å². The van der Waals surface area contributed by atoms with Crippen LogP contribution in [0.5, 0.6) is 5.75 Å². The normalized spacial score (nSPS) is 12.2. The highest BCUT2D eigenvalue weighted by atomic mass is 32.2. The third-order valence-electron chi connectivity index (χ3n) is 4.76. The number of halogens is 3. The molecule has 1 heterocycles. The van der Waals surface area contributed by atoms with Gasteiger partial charge in [0.05, 0.1) is 21.5 Å². The van der Waals surface area contributed by atoms with Crippen molar-refractivity contribution in [1.82, 2.24) is 9.78 Å². The number of ether oxygens (including phenoxy) is 1. The number of benzene rings is 2. The Morgan fingerprint density at radius 3 is 2.28 bits per heavy atom. The molecule has 0 saturated carbocycles. The van der Waals surface area contributed by atoms with Gasteiger partial charge in [0, 0.05) is 6.26 Å². The second-order valence-corrected chi connectivity index (χ2v) is 8.90. The van der Waals surface area contributed by atoms with Crippen LogP contribution in [0.3, 0.4) is 0 Å². The minimum Gasteiger partial charge on any atom is -0.476 e. The number of alkyl halides is 3. The minimum atomic E-state index is -4.90. The van der Waals surface area contributed by atoms with Crippen molar-refractivity contribution in [3.05, 3.63) is 57.4 Å². The van der Waals surface area contributed by atoms with E-state index in [-0.39, 0.29) is 21.5 Å². The third-order valence-corrected chi connectivity index (χ3v) is 6.01. The maximum absolute atomic E-state index is 12.9. The van der Waals surface area contributed by atoms with Gasteiger partial charge in [0.15, 0.2) is 9.84 Å². The quantitative estimate of drug-likeness (QED) is 0.609. The number of carbonyl (C=O) groups is 1. The molecule has 0 saturated heterocycles. The highest BCUT2D eigenvalue weighted by Crippen LogP contribution is 2.30. The van der Waals surface area contributed by atoms with Gasteiger partial charge in [0.1, 0.15) is 5.75 Å². The second kappa shape index (κ2) is 7.93. The molecule has 0 aliphatic heterocycles. The van der Waals surface area contributed by atoms with Gasteiger partial charge in [-0.1, -0.05) is 6.92 Å². The van der Waals surface area contributed by atoms with Crippen LogP contribution in [0.4, 0.5) is 13.2 Å². The van der Waals surface area contributed by atoms with E-state index in [0.717, 1.165) is 23.1 Å². The molecule has 1 aromatic heterocycles. The SMILES string of the molecule is CCc1cc2c(c(S(C)(=O)=O)c1C)c(=O)c(C(=O)O)nn2-c1ccc(OC(F)(F)F)cc1. The molecule has 2 aromatic carbocycles. The van der Waals surface area contributed by atoms with E-state index >= 15 is 0 Å². The van der Waals surface area contributed by atoms with E-state index in [1.807, 2.05) is 0 Å². The van der Waals surface area contributed by atoms with E-state index in [9.17, 15) is 36.3 Å². The summed E-state index contributed by atoms with van der Waals surface area (Å²) in [5.41, 5.74) is -1.02. The Hall–Kier alpha value is -3.41. The Balaban J connectivity index is 2.45.